The minimum atomic E-state index is -0.747. The van der Waals surface area contributed by atoms with Gasteiger partial charge in [-0.2, -0.15) is 0 Å². The second-order valence-electron chi connectivity index (χ2n) is 5.64. The summed E-state index contributed by atoms with van der Waals surface area (Å²) in [6.45, 7) is 3.62. The van der Waals surface area contributed by atoms with Crippen LogP contribution in [0.3, 0.4) is 0 Å². The van der Waals surface area contributed by atoms with Gasteiger partial charge >= 0.3 is 0 Å². The van der Waals surface area contributed by atoms with Crippen LogP contribution < -0.4 is 0 Å². The van der Waals surface area contributed by atoms with E-state index in [1.807, 2.05) is 33.1 Å². The van der Waals surface area contributed by atoms with E-state index in [4.69, 9.17) is 4.74 Å². The average molecular weight is 234 g/mol. The maximum absolute atomic E-state index is 9.87. The van der Waals surface area contributed by atoms with E-state index in [1.165, 1.54) is 18.4 Å². The molecule has 0 radical (unpaired) electrons. The lowest BCUT2D eigenvalue weighted by molar-refractivity contribution is 0.0729. The van der Waals surface area contributed by atoms with Crippen LogP contribution >= 0.6 is 0 Å². The maximum atomic E-state index is 9.87. The van der Waals surface area contributed by atoms with Gasteiger partial charge in [-0.25, -0.2) is 0 Å². The van der Waals surface area contributed by atoms with Crippen LogP contribution in [-0.4, -0.2) is 17.8 Å². The van der Waals surface area contributed by atoms with Crippen molar-refractivity contribution in [3.63, 3.8) is 0 Å². The van der Waals surface area contributed by atoms with Crippen LogP contribution in [-0.2, 0) is 16.8 Å². The number of hydrogen-bond donors (Lipinski definition) is 1. The fourth-order valence-electron chi connectivity index (χ4n) is 2.15. The van der Waals surface area contributed by atoms with Crippen molar-refractivity contribution < 1.29 is 9.84 Å². The van der Waals surface area contributed by atoms with Gasteiger partial charge in [0.25, 0.3) is 0 Å². The van der Waals surface area contributed by atoms with Gasteiger partial charge in [-0.3, -0.25) is 0 Å². The molecule has 1 aromatic rings. The summed E-state index contributed by atoms with van der Waals surface area (Å²) in [5.74, 6) is 0. The molecule has 94 valence electrons. The third-order valence-electron chi connectivity index (χ3n) is 3.77. The predicted molar refractivity (Wildman–Crippen MR) is 69.0 cm³/mol. The first-order valence-electron chi connectivity index (χ1n) is 6.32. The summed E-state index contributed by atoms with van der Waals surface area (Å²) in [5.41, 5.74) is 1.72. The second-order valence-corrected chi connectivity index (χ2v) is 5.64. The molecular formula is C15H22O2. The minimum Gasteiger partial charge on any atom is -0.386 e. The fourth-order valence-corrected chi connectivity index (χ4v) is 2.15. The molecule has 17 heavy (non-hydrogen) atoms. The maximum Gasteiger partial charge on any atom is 0.0840 e. The lowest BCUT2D eigenvalue weighted by Gasteiger charge is -2.18. The number of rotatable bonds is 5. The van der Waals surface area contributed by atoms with E-state index in [1.54, 1.807) is 0 Å². The Morgan fingerprint density at radius 3 is 2.24 bits per heavy atom. The topological polar surface area (TPSA) is 29.5 Å². The smallest absolute Gasteiger partial charge is 0.0840 e. The van der Waals surface area contributed by atoms with Crippen molar-refractivity contribution in [2.24, 2.45) is 0 Å². The summed E-state index contributed by atoms with van der Waals surface area (Å²) in [7, 11) is 1.81. The Balaban J connectivity index is 1.94. The molecule has 0 spiro atoms. The molecule has 1 aromatic carbocycles. The molecule has 0 unspecified atom stereocenters. The molecule has 1 fully saturated rings. The van der Waals surface area contributed by atoms with Gasteiger partial charge in [-0.15, -0.1) is 0 Å². The summed E-state index contributed by atoms with van der Waals surface area (Å²) in [4.78, 5) is 0. The zero-order valence-electron chi connectivity index (χ0n) is 11.0. The molecule has 1 N–H and O–H groups in total. The van der Waals surface area contributed by atoms with Gasteiger partial charge in [0.2, 0.25) is 0 Å². The molecular weight excluding hydrogens is 212 g/mol. The molecule has 0 aliphatic heterocycles. The number of aliphatic hydroxyl groups is 1. The normalized spacial score (nSPS) is 18.1. The molecule has 1 aliphatic carbocycles. The molecule has 2 rings (SSSR count). The van der Waals surface area contributed by atoms with Gasteiger partial charge in [0.1, 0.15) is 0 Å². The van der Waals surface area contributed by atoms with Crippen LogP contribution in [0.15, 0.2) is 24.3 Å². The first-order chi connectivity index (χ1) is 7.95. The lowest BCUT2D eigenvalue weighted by Crippen LogP contribution is -2.15. The highest BCUT2D eigenvalue weighted by atomic mass is 16.5. The summed E-state index contributed by atoms with van der Waals surface area (Å²) in [6, 6.07) is 8.25. The summed E-state index contributed by atoms with van der Waals surface area (Å²) in [6.07, 6.45) is 4.56. The molecule has 0 aromatic heterocycles. The van der Waals surface area contributed by atoms with Crippen molar-refractivity contribution in [1.82, 2.24) is 0 Å². The quantitative estimate of drug-likeness (QED) is 0.848. The van der Waals surface area contributed by atoms with E-state index in [0.717, 1.165) is 18.4 Å². The minimum absolute atomic E-state index is 0.176. The van der Waals surface area contributed by atoms with E-state index < -0.39 is 5.60 Å². The standard InChI is InChI=1S/C15H22O2/c1-14(2,16)13-6-4-12(5-7-13)8-9-15(17-3)10-11-15/h4-7,16H,8-11H2,1-3H3. The largest absolute Gasteiger partial charge is 0.386 e. The fraction of sp³-hybridized carbons (Fsp3) is 0.600. The Labute approximate surface area is 104 Å². The van der Waals surface area contributed by atoms with Crippen molar-refractivity contribution in [3.05, 3.63) is 35.4 Å². The third kappa shape index (κ3) is 3.08. The molecule has 1 aliphatic rings. The summed E-state index contributed by atoms with van der Waals surface area (Å²) < 4.78 is 5.51. The zero-order valence-corrected chi connectivity index (χ0v) is 11.0. The van der Waals surface area contributed by atoms with Crippen molar-refractivity contribution in [3.8, 4) is 0 Å². The van der Waals surface area contributed by atoms with Gasteiger partial charge in [0, 0.05) is 7.11 Å². The summed E-state index contributed by atoms with van der Waals surface area (Å²) >= 11 is 0. The first-order valence-corrected chi connectivity index (χ1v) is 6.32. The van der Waals surface area contributed by atoms with E-state index in [2.05, 4.69) is 12.1 Å². The van der Waals surface area contributed by atoms with Crippen molar-refractivity contribution in [2.75, 3.05) is 7.11 Å². The molecule has 0 saturated heterocycles. The Kier molecular flexibility index (Phi) is 3.28. The van der Waals surface area contributed by atoms with Crippen LogP contribution in [0, 0.1) is 0 Å². The van der Waals surface area contributed by atoms with Gasteiger partial charge in [0.15, 0.2) is 0 Å². The molecule has 2 nitrogen and oxygen atoms in total. The molecule has 0 bridgehead atoms. The number of aryl methyl sites for hydroxylation is 1. The van der Waals surface area contributed by atoms with Crippen LogP contribution in [0.5, 0.6) is 0 Å². The van der Waals surface area contributed by atoms with Crippen LogP contribution in [0.2, 0.25) is 0 Å². The van der Waals surface area contributed by atoms with Crippen LogP contribution in [0.1, 0.15) is 44.2 Å². The highest BCUT2D eigenvalue weighted by Crippen LogP contribution is 2.42. The molecule has 1 saturated carbocycles. The average Bonchev–Trinajstić information content (AvgIpc) is 3.06. The molecule has 2 heteroatoms. The second kappa shape index (κ2) is 4.43. The van der Waals surface area contributed by atoms with Crippen molar-refractivity contribution >= 4 is 0 Å². The van der Waals surface area contributed by atoms with Crippen LogP contribution in [0.4, 0.5) is 0 Å². The molecule has 0 heterocycles. The number of hydrogen-bond acceptors (Lipinski definition) is 2. The van der Waals surface area contributed by atoms with Gasteiger partial charge in [0.05, 0.1) is 11.2 Å². The predicted octanol–water partition coefficient (Wildman–Crippen LogP) is 3.03. The SMILES string of the molecule is COC1(CCc2ccc(C(C)(C)O)cc2)CC1. The number of benzene rings is 1. The zero-order chi connectivity index (χ0) is 12.5. The van der Waals surface area contributed by atoms with E-state index >= 15 is 0 Å². The third-order valence-corrected chi connectivity index (χ3v) is 3.77. The van der Waals surface area contributed by atoms with Crippen LogP contribution in [0.25, 0.3) is 0 Å². The van der Waals surface area contributed by atoms with E-state index in [9.17, 15) is 5.11 Å². The molecule has 0 amide bonds. The number of ether oxygens (including phenoxy) is 1. The van der Waals surface area contributed by atoms with Crippen molar-refractivity contribution in [1.29, 1.82) is 0 Å². The van der Waals surface area contributed by atoms with Gasteiger partial charge in [-0.05, 0) is 50.7 Å². The summed E-state index contributed by atoms with van der Waals surface area (Å²) in [5, 5.41) is 9.87. The highest BCUT2D eigenvalue weighted by molar-refractivity contribution is 5.26. The highest BCUT2D eigenvalue weighted by Gasteiger charge is 2.42. The van der Waals surface area contributed by atoms with E-state index in [-0.39, 0.29) is 5.60 Å². The van der Waals surface area contributed by atoms with Gasteiger partial charge < -0.3 is 9.84 Å². The lowest BCUT2D eigenvalue weighted by atomic mass is 9.96. The Morgan fingerprint density at radius 2 is 1.82 bits per heavy atom. The molecule has 0 atom stereocenters. The Hall–Kier alpha value is -0.860. The monoisotopic (exact) mass is 234 g/mol. The van der Waals surface area contributed by atoms with Crippen molar-refractivity contribution in [2.45, 2.75) is 50.7 Å². The van der Waals surface area contributed by atoms with E-state index in [0.29, 0.717) is 0 Å². The Bertz CT molecular complexity index is 369. The Morgan fingerprint density at radius 1 is 1.24 bits per heavy atom. The first kappa shape index (κ1) is 12.6. The van der Waals surface area contributed by atoms with Gasteiger partial charge in [-0.1, -0.05) is 24.3 Å². The number of methoxy groups -OCH3 is 1.